The minimum atomic E-state index is -0.138. The number of hydrogen-bond acceptors (Lipinski definition) is 2. The van der Waals surface area contributed by atoms with Crippen LogP contribution in [0.25, 0.3) is 0 Å². The Kier molecular flexibility index (Phi) is 4.46. The summed E-state index contributed by atoms with van der Waals surface area (Å²) in [7, 11) is 0. The Morgan fingerprint density at radius 1 is 1.54 bits per heavy atom. The zero-order chi connectivity index (χ0) is 9.68. The van der Waals surface area contributed by atoms with E-state index in [1.54, 1.807) is 0 Å². The van der Waals surface area contributed by atoms with Crippen LogP contribution in [0.15, 0.2) is 12.7 Å². The van der Waals surface area contributed by atoms with Crippen LogP contribution >= 0.6 is 0 Å². The predicted octanol–water partition coefficient (Wildman–Crippen LogP) is 1.84. The Morgan fingerprint density at radius 3 is 2.85 bits per heavy atom. The van der Waals surface area contributed by atoms with Crippen molar-refractivity contribution < 1.29 is 5.11 Å². The maximum atomic E-state index is 9.70. The monoisotopic (exact) mass is 183 g/mol. The molecule has 0 saturated heterocycles. The molecule has 0 bridgehead atoms. The van der Waals surface area contributed by atoms with Gasteiger partial charge in [0.15, 0.2) is 0 Å². The number of aliphatic hydroxyl groups is 1. The molecule has 1 fully saturated rings. The first-order valence-electron chi connectivity index (χ1n) is 5.29. The molecule has 0 aromatic heterocycles. The summed E-state index contributed by atoms with van der Waals surface area (Å²) in [4.78, 5) is 0. The second kappa shape index (κ2) is 5.40. The third-order valence-electron chi connectivity index (χ3n) is 2.75. The van der Waals surface area contributed by atoms with E-state index in [-0.39, 0.29) is 6.10 Å². The van der Waals surface area contributed by atoms with Gasteiger partial charge in [0.1, 0.15) is 0 Å². The quantitative estimate of drug-likeness (QED) is 0.652. The summed E-state index contributed by atoms with van der Waals surface area (Å²) in [5.74, 6) is 0. The minimum absolute atomic E-state index is 0.138. The fourth-order valence-electron chi connectivity index (χ4n) is 1.99. The Hall–Kier alpha value is -0.340. The molecule has 3 atom stereocenters. The van der Waals surface area contributed by atoms with Gasteiger partial charge >= 0.3 is 0 Å². The number of aliphatic hydroxyl groups excluding tert-OH is 1. The van der Waals surface area contributed by atoms with Crippen LogP contribution in [-0.2, 0) is 0 Å². The highest BCUT2D eigenvalue weighted by Gasteiger charge is 2.23. The third-order valence-corrected chi connectivity index (χ3v) is 2.75. The van der Waals surface area contributed by atoms with Gasteiger partial charge < -0.3 is 10.4 Å². The second-order valence-corrected chi connectivity index (χ2v) is 4.05. The van der Waals surface area contributed by atoms with E-state index in [4.69, 9.17) is 0 Å². The van der Waals surface area contributed by atoms with Crippen molar-refractivity contribution in [2.45, 2.75) is 57.2 Å². The summed E-state index contributed by atoms with van der Waals surface area (Å²) >= 11 is 0. The summed E-state index contributed by atoms with van der Waals surface area (Å²) in [5.41, 5.74) is 0. The van der Waals surface area contributed by atoms with Gasteiger partial charge in [-0.15, -0.1) is 6.58 Å². The fourth-order valence-corrected chi connectivity index (χ4v) is 1.99. The number of rotatable bonds is 4. The Bertz CT molecular complexity index is 158. The molecular formula is C11H21NO. The first-order chi connectivity index (χ1) is 6.24. The lowest BCUT2D eigenvalue weighted by atomic mass is 9.92. The first kappa shape index (κ1) is 10.7. The average Bonchev–Trinajstić information content (AvgIpc) is 2.09. The van der Waals surface area contributed by atoms with Crippen LogP contribution in [0.3, 0.4) is 0 Å². The third kappa shape index (κ3) is 3.49. The van der Waals surface area contributed by atoms with Gasteiger partial charge in [-0.1, -0.05) is 18.9 Å². The van der Waals surface area contributed by atoms with E-state index >= 15 is 0 Å². The molecule has 1 unspecified atom stereocenters. The Labute approximate surface area is 81.0 Å². The van der Waals surface area contributed by atoms with Crippen molar-refractivity contribution in [3.63, 3.8) is 0 Å². The van der Waals surface area contributed by atoms with E-state index in [1.165, 1.54) is 12.8 Å². The molecule has 76 valence electrons. The normalized spacial score (nSPS) is 31.2. The highest BCUT2D eigenvalue weighted by molar-refractivity contribution is 4.84. The van der Waals surface area contributed by atoms with E-state index in [1.807, 2.05) is 6.08 Å². The van der Waals surface area contributed by atoms with Crippen LogP contribution in [0.4, 0.5) is 0 Å². The lowest BCUT2D eigenvalue weighted by molar-refractivity contribution is 0.0861. The largest absolute Gasteiger partial charge is 0.392 e. The summed E-state index contributed by atoms with van der Waals surface area (Å²) in [6, 6.07) is 0.749. The standard InChI is InChI=1S/C11H21NO/c1-3-6-9(2)12-10-7-4-5-8-11(10)13/h3,9-13H,1,4-8H2,2H3/t9?,10-,11-/m0/s1. The average molecular weight is 183 g/mol. The molecule has 0 radical (unpaired) electrons. The molecule has 1 saturated carbocycles. The highest BCUT2D eigenvalue weighted by Crippen LogP contribution is 2.18. The first-order valence-corrected chi connectivity index (χ1v) is 5.29. The molecule has 0 spiro atoms. The maximum Gasteiger partial charge on any atom is 0.0693 e. The van der Waals surface area contributed by atoms with Crippen LogP contribution < -0.4 is 5.32 Å². The zero-order valence-electron chi connectivity index (χ0n) is 8.50. The molecule has 0 heterocycles. The van der Waals surface area contributed by atoms with Crippen molar-refractivity contribution in [3.8, 4) is 0 Å². The number of hydrogen-bond donors (Lipinski definition) is 2. The van der Waals surface area contributed by atoms with E-state index in [9.17, 15) is 5.11 Å². The molecule has 0 amide bonds. The predicted molar refractivity (Wildman–Crippen MR) is 55.7 cm³/mol. The molecule has 0 aromatic carbocycles. The second-order valence-electron chi connectivity index (χ2n) is 4.05. The van der Waals surface area contributed by atoms with Gasteiger partial charge in [-0.2, -0.15) is 0 Å². The van der Waals surface area contributed by atoms with Crippen LogP contribution in [0.2, 0.25) is 0 Å². The Morgan fingerprint density at radius 2 is 2.23 bits per heavy atom. The van der Waals surface area contributed by atoms with Crippen molar-refractivity contribution in [2.24, 2.45) is 0 Å². The molecule has 0 aliphatic heterocycles. The molecular weight excluding hydrogens is 162 g/mol. The van der Waals surface area contributed by atoms with Gasteiger partial charge in [0, 0.05) is 12.1 Å². The summed E-state index contributed by atoms with van der Waals surface area (Å²) in [5, 5.41) is 13.1. The van der Waals surface area contributed by atoms with Gasteiger partial charge in [0.2, 0.25) is 0 Å². The molecule has 1 rings (SSSR count). The van der Waals surface area contributed by atoms with Crippen molar-refractivity contribution >= 4 is 0 Å². The van der Waals surface area contributed by atoms with Gasteiger partial charge in [-0.25, -0.2) is 0 Å². The van der Waals surface area contributed by atoms with Gasteiger partial charge in [-0.3, -0.25) is 0 Å². The SMILES string of the molecule is C=CCC(C)N[C@H]1CCCC[C@@H]1O. The molecule has 2 nitrogen and oxygen atoms in total. The topological polar surface area (TPSA) is 32.3 Å². The molecule has 1 aliphatic rings. The smallest absolute Gasteiger partial charge is 0.0693 e. The van der Waals surface area contributed by atoms with Gasteiger partial charge in [0.25, 0.3) is 0 Å². The minimum Gasteiger partial charge on any atom is -0.392 e. The van der Waals surface area contributed by atoms with Crippen LogP contribution in [0, 0.1) is 0 Å². The summed E-state index contributed by atoms with van der Waals surface area (Å²) in [6.07, 6.45) is 7.25. The van der Waals surface area contributed by atoms with E-state index in [0.717, 1.165) is 19.3 Å². The van der Waals surface area contributed by atoms with Crippen LogP contribution in [0.1, 0.15) is 39.0 Å². The lowest BCUT2D eigenvalue weighted by Gasteiger charge is -2.30. The maximum absolute atomic E-state index is 9.70. The molecule has 2 heteroatoms. The van der Waals surface area contributed by atoms with Crippen molar-refractivity contribution in [3.05, 3.63) is 12.7 Å². The van der Waals surface area contributed by atoms with Crippen molar-refractivity contribution in [1.82, 2.24) is 5.32 Å². The lowest BCUT2D eigenvalue weighted by Crippen LogP contribution is -2.45. The van der Waals surface area contributed by atoms with Crippen LogP contribution in [0.5, 0.6) is 0 Å². The van der Waals surface area contributed by atoms with Gasteiger partial charge in [0.05, 0.1) is 6.10 Å². The molecule has 13 heavy (non-hydrogen) atoms. The molecule has 1 aliphatic carbocycles. The summed E-state index contributed by atoms with van der Waals surface area (Å²) < 4.78 is 0. The molecule has 2 N–H and O–H groups in total. The van der Waals surface area contributed by atoms with Gasteiger partial charge in [-0.05, 0) is 26.2 Å². The highest BCUT2D eigenvalue weighted by atomic mass is 16.3. The van der Waals surface area contributed by atoms with E-state index in [0.29, 0.717) is 12.1 Å². The van der Waals surface area contributed by atoms with Crippen molar-refractivity contribution in [1.29, 1.82) is 0 Å². The van der Waals surface area contributed by atoms with E-state index in [2.05, 4.69) is 18.8 Å². The van der Waals surface area contributed by atoms with Crippen molar-refractivity contribution in [2.75, 3.05) is 0 Å². The van der Waals surface area contributed by atoms with E-state index < -0.39 is 0 Å². The fraction of sp³-hybridized carbons (Fsp3) is 0.818. The molecule has 0 aromatic rings. The number of nitrogens with one attached hydrogen (secondary N) is 1. The van der Waals surface area contributed by atoms with Crippen LogP contribution in [-0.4, -0.2) is 23.3 Å². The summed E-state index contributed by atoms with van der Waals surface area (Å²) in [6.45, 7) is 5.85. The zero-order valence-corrected chi connectivity index (χ0v) is 8.50. The Balaban J connectivity index is 2.28.